The molecule has 4 nitrogen and oxygen atoms in total. The Kier molecular flexibility index (Phi) is 9.39. The summed E-state index contributed by atoms with van der Waals surface area (Å²) in [6.07, 6.45) is 4.47. The van der Waals surface area contributed by atoms with Gasteiger partial charge in [-0.2, -0.15) is 0 Å². The molecule has 0 aromatic carbocycles. The van der Waals surface area contributed by atoms with Gasteiger partial charge in [0.15, 0.2) is 16.6 Å². The lowest BCUT2D eigenvalue weighted by Gasteiger charge is -2.34. The first-order chi connectivity index (χ1) is 8.83. The van der Waals surface area contributed by atoms with E-state index in [1.54, 1.807) is 6.92 Å². The molecule has 19 heavy (non-hydrogen) atoms. The minimum Gasteiger partial charge on any atom is -0.455 e. The molecule has 0 amide bonds. The molecule has 6 heteroatoms. The van der Waals surface area contributed by atoms with Crippen LogP contribution in [0.25, 0.3) is 0 Å². The van der Waals surface area contributed by atoms with Crippen LogP contribution < -0.4 is 0 Å². The van der Waals surface area contributed by atoms with Crippen LogP contribution in [-0.4, -0.2) is 35.1 Å². The minimum absolute atomic E-state index is 0.394. The van der Waals surface area contributed by atoms with Gasteiger partial charge < -0.3 is 8.85 Å². The van der Waals surface area contributed by atoms with Gasteiger partial charge in [-0.25, -0.2) is 4.89 Å². The fourth-order valence-electron chi connectivity index (χ4n) is 2.11. The minimum atomic E-state index is -1.65. The summed E-state index contributed by atoms with van der Waals surface area (Å²) in [4.78, 5) is 4.12. The molecule has 0 saturated carbocycles. The molecule has 0 unspecified atom stereocenters. The van der Waals surface area contributed by atoms with Gasteiger partial charge in [0.25, 0.3) is 0 Å². The average molecular weight is 305 g/mol. The summed E-state index contributed by atoms with van der Waals surface area (Å²) in [5.74, 6) is 2.71. The highest BCUT2D eigenvalue weighted by molar-refractivity contribution is 6.84. The summed E-state index contributed by atoms with van der Waals surface area (Å²) in [5, 5.41) is 8.34. The van der Waals surface area contributed by atoms with Crippen LogP contribution in [0.5, 0.6) is 0 Å². The highest BCUT2D eigenvalue weighted by Crippen LogP contribution is 2.23. The molecule has 1 N–H and O–H groups in total. The van der Waals surface area contributed by atoms with E-state index in [1.807, 2.05) is 0 Å². The zero-order valence-electron chi connectivity index (χ0n) is 12.9. The van der Waals surface area contributed by atoms with Gasteiger partial charge in [0.2, 0.25) is 0 Å². The van der Waals surface area contributed by atoms with Crippen LogP contribution in [0.4, 0.5) is 0 Å². The van der Waals surface area contributed by atoms with Gasteiger partial charge in [0.1, 0.15) is 6.11 Å². The van der Waals surface area contributed by atoms with Crippen molar-refractivity contribution < 1.29 is 19.0 Å². The smallest absolute Gasteiger partial charge is 0.173 e. The van der Waals surface area contributed by atoms with Gasteiger partial charge in [0, 0.05) is 6.92 Å². The number of rotatable bonds is 10. The molecule has 0 atom stereocenters. The zero-order valence-corrected chi connectivity index (χ0v) is 14.9. The molecule has 0 heterocycles. The van der Waals surface area contributed by atoms with E-state index in [1.165, 1.54) is 0 Å². The largest absolute Gasteiger partial charge is 0.455 e. The third-order valence-electron chi connectivity index (χ3n) is 2.77. The van der Waals surface area contributed by atoms with E-state index in [4.69, 9.17) is 14.1 Å². The lowest BCUT2D eigenvalue weighted by molar-refractivity contribution is -0.241. The van der Waals surface area contributed by atoms with Crippen LogP contribution >= 0.6 is 0 Å². The standard InChI is InChI=1S/C13H28O4Si2/c1-6-9-15-10-7-12-18(2,3)17-19(4,5)13-8-11-16-14/h14H,7-8,10-13H2,1-5H3. The number of hydrogen-bond acceptors (Lipinski definition) is 4. The summed E-state index contributed by atoms with van der Waals surface area (Å²) >= 11 is 0. The van der Waals surface area contributed by atoms with Gasteiger partial charge in [0.05, 0.1) is 13.2 Å². The van der Waals surface area contributed by atoms with E-state index in [9.17, 15) is 0 Å². The third kappa shape index (κ3) is 11.2. The Balaban J connectivity index is 3.99. The lowest BCUT2D eigenvalue weighted by Crippen LogP contribution is -2.44. The first-order valence-electron chi connectivity index (χ1n) is 6.83. The molecule has 0 aromatic rings. The van der Waals surface area contributed by atoms with E-state index in [-0.39, 0.29) is 0 Å². The maximum absolute atomic E-state index is 8.34. The van der Waals surface area contributed by atoms with Crippen molar-refractivity contribution in [2.24, 2.45) is 0 Å². The second-order valence-electron chi connectivity index (χ2n) is 5.86. The second kappa shape index (κ2) is 9.56. The molecule has 0 fully saturated rings. The summed E-state index contributed by atoms with van der Waals surface area (Å²) in [7, 11) is -3.28. The van der Waals surface area contributed by atoms with Crippen LogP contribution in [0, 0.1) is 12.0 Å². The normalized spacial score (nSPS) is 11.9. The molecule has 0 rings (SSSR count). The van der Waals surface area contributed by atoms with Gasteiger partial charge in [-0.05, 0) is 51.1 Å². The van der Waals surface area contributed by atoms with Gasteiger partial charge in [-0.1, -0.05) is 5.92 Å². The molecule has 0 aliphatic heterocycles. The summed E-state index contributed by atoms with van der Waals surface area (Å²) in [6.45, 7) is 11.8. The SMILES string of the molecule is CC#COCCC[Si](C)(C)O[Si](C)(C)CCCOO. The van der Waals surface area contributed by atoms with E-state index in [2.05, 4.69) is 43.1 Å². The van der Waals surface area contributed by atoms with Crippen molar-refractivity contribution in [3.05, 3.63) is 0 Å². The molecule has 0 saturated heterocycles. The predicted octanol–water partition coefficient (Wildman–Crippen LogP) is 3.68. The van der Waals surface area contributed by atoms with E-state index < -0.39 is 16.6 Å². The molecule has 0 aromatic heterocycles. The van der Waals surface area contributed by atoms with Crippen molar-refractivity contribution in [1.29, 1.82) is 0 Å². The molecule has 112 valence electrons. The van der Waals surface area contributed by atoms with Crippen LogP contribution in [0.15, 0.2) is 0 Å². The van der Waals surface area contributed by atoms with Crippen LogP contribution in [0.3, 0.4) is 0 Å². The van der Waals surface area contributed by atoms with Crippen molar-refractivity contribution in [1.82, 2.24) is 0 Å². The van der Waals surface area contributed by atoms with Gasteiger partial charge in [-0.3, -0.25) is 5.26 Å². The van der Waals surface area contributed by atoms with Crippen LogP contribution in [0.1, 0.15) is 19.8 Å². The Hall–Kier alpha value is -0.326. The summed E-state index contributed by atoms with van der Waals surface area (Å²) < 4.78 is 11.6. The maximum atomic E-state index is 8.34. The number of ether oxygens (including phenoxy) is 1. The third-order valence-corrected chi connectivity index (χ3v) is 10.3. The van der Waals surface area contributed by atoms with Gasteiger partial charge >= 0.3 is 0 Å². The lowest BCUT2D eigenvalue weighted by atomic mass is 10.5. The zero-order chi connectivity index (χ0) is 14.8. The van der Waals surface area contributed by atoms with Crippen molar-refractivity contribution in [3.63, 3.8) is 0 Å². The topological polar surface area (TPSA) is 47.9 Å². The van der Waals surface area contributed by atoms with Gasteiger partial charge in [-0.15, -0.1) is 0 Å². The first-order valence-corrected chi connectivity index (χ1v) is 13.1. The molecule has 0 aliphatic carbocycles. The molecule has 0 radical (unpaired) electrons. The van der Waals surface area contributed by atoms with Crippen molar-refractivity contribution in [2.45, 2.75) is 58.0 Å². The monoisotopic (exact) mass is 304 g/mol. The summed E-state index contributed by atoms with van der Waals surface area (Å²) in [5.41, 5.74) is 0. The highest BCUT2D eigenvalue weighted by atomic mass is 28.4. The Morgan fingerprint density at radius 3 is 1.95 bits per heavy atom. The Morgan fingerprint density at radius 1 is 0.947 bits per heavy atom. The van der Waals surface area contributed by atoms with Crippen LogP contribution in [-0.2, 0) is 13.7 Å². The van der Waals surface area contributed by atoms with Crippen molar-refractivity contribution in [3.8, 4) is 12.0 Å². The van der Waals surface area contributed by atoms with Crippen molar-refractivity contribution >= 4 is 16.6 Å². The fraction of sp³-hybridized carbons (Fsp3) is 0.846. The molecule has 0 bridgehead atoms. The van der Waals surface area contributed by atoms with Crippen LogP contribution in [0.2, 0.25) is 38.3 Å². The average Bonchev–Trinajstić information content (AvgIpc) is 2.27. The Labute approximate surface area is 119 Å². The predicted molar refractivity (Wildman–Crippen MR) is 82.9 cm³/mol. The van der Waals surface area contributed by atoms with Crippen molar-refractivity contribution in [2.75, 3.05) is 13.2 Å². The summed E-state index contributed by atoms with van der Waals surface area (Å²) in [6, 6.07) is 2.10. The first kappa shape index (κ1) is 18.7. The molecule has 0 spiro atoms. The molecular formula is C13H28O4Si2. The second-order valence-corrected chi connectivity index (χ2v) is 14.7. The van der Waals surface area contributed by atoms with E-state index >= 15 is 0 Å². The fourth-order valence-corrected chi connectivity index (χ4v) is 10.9. The maximum Gasteiger partial charge on any atom is 0.173 e. The number of hydrogen-bond donors (Lipinski definition) is 1. The Morgan fingerprint density at radius 2 is 1.47 bits per heavy atom. The Bertz CT molecular complexity index is 295. The van der Waals surface area contributed by atoms with E-state index in [0.717, 1.165) is 24.9 Å². The highest BCUT2D eigenvalue weighted by Gasteiger charge is 2.32. The molecule has 0 aliphatic rings. The quantitative estimate of drug-likeness (QED) is 0.220. The van der Waals surface area contributed by atoms with E-state index in [0.29, 0.717) is 13.2 Å². The molecular weight excluding hydrogens is 276 g/mol.